The molecule has 152 valence electrons. The minimum Gasteiger partial charge on any atom is -0.494 e. The van der Waals surface area contributed by atoms with Crippen molar-refractivity contribution in [1.82, 2.24) is 5.32 Å². The van der Waals surface area contributed by atoms with E-state index in [1.54, 1.807) is 17.9 Å². The van der Waals surface area contributed by atoms with Gasteiger partial charge in [0, 0.05) is 48.3 Å². The normalized spacial score (nSPS) is 16.0. The number of hydrogen-bond acceptors (Lipinski definition) is 5. The van der Waals surface area contributed by atoms with Gasteiger partial charge in [0.15, 0.2) is 0 Å². The molecular weight excluding hydrogens is 374 g/mol. The summed E-state index contributed by atoms with van der Waals surface area (Å²) in [6, 6.07) is 11.8. The van der Waals surface area contributed by atoms with Crippen molar-refractivity contribution in [3.63, 3.8) is 0 Å². The lowest BCUT2D eigenvalue weighted by molar-refractivity contribution is -0.385. The van der Waals surface area contributed by atoms with E-state index in [1.807, 2.05) is 31.2 Å². The minimum atomic E-state index is -0.504. The van der Waals surface area contributed by atoms with Crippen molar-refractivity contribution in [2.75, 3.05) is 24.6 Å². The van der Waals surface area contributed by atoms with E-state index in [2.05, 4.69) is 5.32 Å². The zero-order valence-electron chi connectivity index (χ0n) is 16.4. The van der Waals surface area contributed by atoms with Gasteiger partial charge in [-0.05, 0) is 44.2 Å². The van der Waals surface area contributed by atoms with Crippen LogP contribution >= 0.6 is 0 Å². The number of ether oxygens (including phenoxy) is 1. The molecule has 2 amide bonds. The standard InChI is InChI=1S/C21H23N3O5/c1-3-29-17-9-7-16(8-10-17)23-13-15(11-20(23)25)12-22-21(26)18-5-4-6-19(14(18)2)24(27)28/h4-10,15H,3,11-13H2,1-2H3,(H,22,26). The summed E-state index contributed by atoms with van der Waals surface area (Å²) in [5.74, 6) is 0.342. The summed E-state index contributed by atoms with van der Waals surface area (Å²) in [5.41, 5.74) is 1.30. The largest absolute Gasteiger partial charge is 0.494 e. The molecule has 0 bridgehead atoms. The summed E-state index contributed by atoms with van der Waals surface area (Å²) in [6.45, 7) is 4.86. The number of nitro groups is 1. The lowest BCUT2D eigenvalue weighted by atomic mass is 10.1. The van der Waals surface area contributed by atoms with Gasteiger partial charge in [0.2, 0.25) is 5.91 Å². The Labute approximate surface area is 168 Å². The Morgan fingerprint density at radius 3 is 2.66 bits per heavy atom. The molecule has 8 nitrogen and oxygen atoms in total. The molecule has 1 heterocycles. The summed E-state index contributed by atoms with van der Waals surface area (Å²) >= 11 is 0. The minimum absolute atomic E-state index is 0.0000571. The predicted molar refractivity (Wildman–Crippen MR) is 108 cm³/mol. The highest BCUT2D eigenvalue weighted by atomic mass is 16.6. The van der Waals surface area contributed by atoms with Crippen molar-refractivity contribution in [3.8, 4) is 5.75 Å². The smallest absolute Gasteiger partial charge is 0.273 e. The number of anilines is 1. The van der Waals surface area contributed by atoms with Crippen LogP contribution in [0.15, 0.2) is 42.5 Å². The third-order valence-corrected chi connectivity index (χ3v) is 4.96. The Bertz CT molecular complexity index is 926. The number of benzene rings is 2. The van der Waals surface area contributed by atoms with Crippen LogP contribution in [0.1, 0.15) is 29.3 Å². The Kier molecular flexibility index (Phi) is 6.11. The van der Waals surface area contributed by atoms with Gasteiger partial charge in [0.05, 0.1) is 11.5 Å². The summed E-state index contributed by atoms with van der Waals surface area (Å²) in [7, 11) is 0. The number of carbonyl (C=O) groups is 2. The molecule has 8 heteroatoms. The summed E-state index contributed by atoms with van der Waals surface area (Å²) in [6.07, 6.45) is 0.335. The lowest BCUT2D eigenvalue weighted by Gasteiger charge is -2.17. The van der Waals surface area contributed by atoms with Crippen molar-refractivity contribution < 1.29 is 19.2 Å². The van der Waals surface area contributed by atoms with Crippen molar-refractivity contribution in [2.45, 2.75) is 20.3 Å². The van der Waals surface area contributed by atoms with Crippen LogP contribution in [-0.2, 0) is 4.79 Å². The van der Waals surface area contributed by atoms with Gasteiger partial charge in [0.1, 0.15) is 5.75 Å². The number of hydrogen-bond donors (Lipinski definition) is 1. The molecule has 1 unspecified atom stereocenters. The molecule has 1 N–H and O–H groups in total. The second-order valence-corrected chi connectivity index (χ2v) is 6.92. The monoisotopic (exact) mass is 397 g/mol. The van der Waals surface area contributed by atoms with E-state index in [4.69, 9.17) is 4.74 Å². The summed E-state index contributed by atoms with van der Waals surface area (Å²) < 4.78 is 5.42. The quantitative estimate of drug-likeness (QED) is 0.571. The Balaban J connectivity index is 1.61. The molecule has 2 aromatic carbocycles. The third-order valence-electron chi connectivity index (χ3n) is 4.96. The molecule has 3 rings (SSSR count). The first-order chi connectivity index (χ1) is 13.9. The molecular formula is C21H23N3O5. The fraction of sp³-hybridized carbons (Fsp3) is 0.333. The van der Waals surface area contributed by atoms with Crippen molar-refractivity contribution in [1.29, 1.82) is 0 Å². The van der Waals surface area contributed by atoms with Crippen LogP contribution in [0.2, 0.25) is 0 Å². The molecule has 0 saturated carbocycles. The van der Waals surface area contributed by atoms with E-state index in [9.17, 15) is 19.7 Å². The zero-order chi connectivity index (χ0) is 21.0. The second-order valence-electron chi connectivity index (χ2n) is 6.92. The maximum Gasteiger partial charge on any atom is 0.273 e. The van der Waals surface area contributed by atoms with Crippen LogP contribution in [0.3, 0.4) is 0 Å². The zero-order valence-corrected chi connectivity index (χ0v) is 16.4. The van der Waals surface area contributed by atoms with Gasteiger partial charge in [-0.2, -0.15) is 0 Å². The maximum absolute atomic E-state index is 12.5. The van der Waals surface area contributed by atoms with Crippen LogP contribution in [0, 0.1) is 23.0 Å². The van der Waals surface area contributed by atoms with Gasteiger partial charge >= 0.3 is 0 Å². The van der Waals surface area contributed by atoms with Gasteiger partial charge in [-0.25, -0.2) is 0 Å². The van der Waals surface area contributed by atoms with Crippen LogP contribution in [-0.4, -0.2) is 36.4 Å². The molecule has 0 spiro atoms. The van der Waals surface area contributed by atoms with E-state index < -0.39 is 4.92 Å². The first-order valence-corrected chi connectivity index (χ1v) is 9.46. The lowest BCUT2D eigenvalue weighted by Crippen LogP contribution is -2.31. The average Bonchev–Trinajstić information content (AvgIpc) is 3.07. The number of rotatable bonds is 7. The number of nitro benzene ring substituents is 1. The number of nitrogens with zero attached hydrogens (tertiary/aromatic N) is 2. The van der Waals surface area contributed by atoms with Crippen LogP contribution in [0.25, 0.3) is 0 Å². The van der Waals surface area contributed by atoms with Crippen LogP contribution in [0.4, 0.5) is 11.4 Å². The molecule has 0 aromatic heterocycles. The molecule has 1 aliphatic rings. The Hall–Kier alpha value is -3.42. The van der Waals surface area contributed by atoms with Crippen molar-refractivity contribution in [3.05, 3.63) is 63.7 Å². The van der Waals surface area contributed by atoms with Crippen LogP contribution in [0.5, 0.6) is 5.75 Å². The van der Waals surface area contributed by atoms with E-state index in [0.29, 0.717) is 31.7 Å². The molecule has 0 aliphatic carbocycles. The van der Waals surface area contributed by atoms with E-state index in [1.165, 1.54) is 12.1 Å². The molecule has 1 fully saturated rings. The van der Waals surface area contributed by atoms with Gasteiger partial charge < -0.3 is 15.0 Å². The van der Waals surface area contributed by atoms with E-state index in [-0.39, 0.29) is 29.0 Å². The van der Waals surface area contributed by atoms with Gasteiger partial charge in [-0.3, -0.25) is 19.7 Å². The third kappa shape index (κ3) is 4.53. The number of nitrogens with one attached hydrogen (secondary N) is 1. The van der Waals surface area contributed by atoms with Crippen molar-refractivity contribution in [2.24, 2.45) is 5.92 Å². The Morgan fingerprint density at radius 1 is 1.28 bits per heavy atom. The number of amides is 2. The first kappa shape index (κ1) is 20.3. The molecule has 1 saturated heterocycles. The highest BCUT2D eigenvalue weighted by Gasteiger charge is 2.31. The topological polar surface area (TPSA) is 102 Å². The molecule has 2 aromatic rings. The highest BCUT2D eigenvalue weighted by molar-refractivity contribution is 5.97. The van der Waals surface area contributed by atoms with E-state index in [0.717, 1.165) is 11.4 Å². The van der Waals surface area contributed by atoms with Crippen LogP contribution < -0.4 is 15.0 Å². The fourth-order valence-corrected chi connectivity index (χ4v) is 3.46. The van der Waals surface area contributed by atoms with Gasteiger partial charge in [-0.1, -0.05) is 6.07 Å². The first-order valence-electron chi connectivity index (χ1n) is 9.46. The fourth-order valence-electron chi connectivity index (χ4n) is 3.46. The molecule has 29 heavy (non-hydrogen) atoms. The SMILES string of the molecule is CCOc1ccc(N2CC(CNC(=O)c3cccc([N+](=O)[O-])c3C)CC2=O)cc1. The summed E-state index contributed by atoms with van der Waals surface area (Å²) in [5, 5.41) is 13.9. The molecule has 1 aliphatic heterocycles. The number of carbonyl (C=O) groups excluding carboxylic acids is 2. The predicted octanol–water partition coefficient (Wildman–Crippen LogP) is 3.08. The van der Waals surface area contributed by atoms with Gasteiger partial charge in [-0.15, -0.1) is 0 Å². The van der Waals surface area contributed by atoms with Crippen molar-refractivity contribution >= 4 is 23.2 Å². The molecule has 0 radical (unpaired) electrons. The average molecular weight is 397 g/mol. The summed E-state index contributed by atoms with van der Waals surface area (Å²) in [4.78, 5) is 37.1. The maximum atomic E-state index is 12.5. The second kappa shape index (κ2) is 8.72. The van der Waals surface area contributed by atoms with E-state index >= 15 is 0 Å². The van der Waals surface area contributed by atoms with Gasteiger partial charge in [0.25, 0.3) is 11.6 Å². The Morgan fingerprint density at radius 2 is 2.00 bits per heavy atom. The highest BCUT2D eigenvalue weighted by Crippen LogP contribution is 2.27. The molecule has 1 atom stereocenters.